The predicted octanol–water partition coefficient (Wildman–Crippen LogP) is 4.02. The number of amides is 1. The molecule has 2 aromatic carbocycles. The quantitative estimate of drug-likeness (QED) is 0.576. The van der Waals surface area contributed by atoms with Crippen LogP contribution >= 0.6 is 11.3 Å². The first kappa shape index (κ1) is 16.0. The van der Waals surface area contributed by atoms with Crippen LogP contribution in [0, 0.1) is 12.7 Å². The summed E-state index contributed by atoms with van der Waals surface area (Å²) in [6, 6.07) is 15.5. The molecule has 0 fully saturated rings. The molecule has 1 N–H and O–H groups in total. The maximum absolute atomic E-state index is 12.8. The lowest BCUT2D eigenvalue weighted by molar-refractivity contribution is 0.0950. The average Bonchev–Trinajstić information content (AvgIpc) is 2.99. The molecule has 0 aliphatic rings. The zero-order valence-corrected chi connectivity index (χ0v) is 13.7. The predicted molar refractivity (Wildman–Crippen MR) is 93.7 cm³/mol. The van der Waals surface area contributed by atoms with Crippen molar-refractivity contribution in [2.24, 2.45) is 5.10 Å². The zero-order chi connectivity index (χ0) is 16.9. The molecule has 1 aromatic heterocycles. The molecule has 0 aliphatic heterocycles. The number of aryl methyl sites for hydroxylation is 1. The van der Waals surface area contributed by atoms with E-state index in [-0.39, 0.29) is 11.7 Å². The van der Waals surface area contributed by atoms with Gasteiger partial charge in [-0.2, -0.15) is 5.10 Å². The Labute approximate surface area is 142 Å². The van der Waals surface area contributed by atoms with E-state index in [1.165, 1.54) is 29.7 Å². The van der Waals surface area contributed by atoms with Gasteiger partial charge in [-0.05, 0) is 24.6 Å². The van der Waals surface area contributed by atoms with Crippen molar-refractivity contribution in [3.05, 3.63) is 76.5 Å². The van der Waals surface area contributed by atoms with Gasteiger partial charge in [0, 0.05) is 10.4 Å². The van der Waals surface area contributed by atoms with E-state index in [4.69, 9.17) is 0 Å². The van der Waals surface area contributed by atoms with Crippen molar-refractivity contribution < 1.29 is 9.18 Å². The Morgan fingerprint density at radius 2 is 1.88 bits per heavy atom. The molecule has 24 heavy (non-hydrogen) atoms. The standard InChI is InChI=1S/C18H14FN3OS/c1-12-16(21-18(24-12)14-5-3-2-4-6-14)17(23)22-20-11-13-7-9-15(19)10-8-13/h2-11H,1H3,(H,22,23)/b20-11-. The number of halogens is 1. The fourth-order valence-corrected chi connectivity index (χ4v) is 2.99. The monoisotopic (exact) mass is 339 g/mol. The molecule has 0 unspecified atom stereocenters. The summed E-state index contributed by atoms with van der Waals surface area (Å²) in [4.78, 5) is 17.4. The molecule has 4 nitrogen and oxygen atoms in total. The molecule has 6 heteroatoms. The number of hydrazone groups is 1. The van der Waals surface area contributed by atoms with Gasteiger partial charge in [-0.1, -0.05) is 42.5 Å². The lowest BCUT2D eigenvalue weighted by Crippen LogP contribution is -2.18. The van der Waals surface area contributed by atoms with Gasteiger partial charge < -0.3 is 0 Å². The summed E-state index contributed by atoms with van der Waals surface area (Å²) in [6.07, 6.45) is 1.46. The van der Waals surface area contributed by atoms with Gasteiger partial charge in [0.05, 0.1) is 6.21 Å². The number of thiazole rings is 1. The van der Waals surface area contributed by atoms with E-state index in [1.54, 1.807) is 12.1 Å². The van der Waals surface area contributed by atoms with E-state index in [9.17, 15) is 9.18 Å². The van der Waals surface area contributed by atoms with Crippen LogP contribution in [0.25, 0.3) is 10.6 Å². The van der Waals surface area contributed by atoms with Gasteiger partial charge >= 0.3 is 0 Å². The lowest BCUT2D eigenvalue weighted by Gasteiger charge is -1.97. The topological polar surface area (TPSA) is 54.4 Å². The van der Waals surface area contributed by atoms with Gasteiger partial charge in [-0.3, -0.25) is 4.79 Å². The molecule has 0 radical (unpaired) electrons. The Balaban J connectivity index is 1.71. The molecule has 3 rings (SSSR count). The zero-order valence-electron chi connectivity index (χ0n) is 12.9. The molecule has 0 saturated carbocycles. The maximum atomic E-state index is 12.8. The Kier molecular flexibility index (Phi) is 4.77. The largest absolute Gasteiger partial charge is 0.291 e. The van der Waals surface area contributed by atoms with Crippen molar-refractivity contribution in [3.8, 4) is 10.6 Å². The van der Waals surface area contributed by atoms with Gasteiger partial charge in [0.1, 0.15) is 16.5 Å². The molecule has 1 heterocycles. The van der Waals surface area contributed by atoms with Crippen molar-refractivity contribution in [2.45, 2.75) is 6.92 Å². The van der Waals surface area contributed by atoms with Crippen molar-refractivity contribution in [1.29, 1.82) is 0 Å². The second kappa shape index (κ2) is 7.14. The van der Waals surface area contributed by atoms with E-state index in [0.29, 0.717) is 11.3 Å². The van der Waals surface area contributed by atoms with Crippen LogP contribution in [0.5, 0.6) is 0 Å². The van der Waals surface area contributed by atoms with Crippen LogP contribution in [0.1, 0.15) is 20.9 Å². The molecule has 0 spiro atoms. The van der Waals surface area contributed by atoms with Crippen LogP contribution in [0.15, 0.2) is 59.7 Å². The number of benzene rings is 2. The van der Waals surface area contributed by atoms with Crippen LogP contribution in [0.4, 0.5) is 4.39 Å². The fourth-order valence-electron chi connectivity index (χ4n) is 2.08. The molecular weight excluding hydrogens is 325 g/mol. The smallest absolute Gasteiger partial charge is 0.266 e. The second-order valence-corrected chi connectivity index (χ2v) is 6.24. The summed E-state index contributed by atoms with van der Waals surface area (Å²) in [6.45, 7) is 1.85. The number of rotatable bonds is 4. The summed E-state index contributed by atoms with van der Waals surface area (Å²) < 4.78 is 12.8. The molecule has 0 saturated heterocycles. The minimum atomic E-state index is -0.371. The molecule has 120 valence electrons. The highest BCUT2D eigenvalue weighted by Gasteiger charge is 2.15. The first-order valence-corrected chi connectivity index (χ1v) is 8.07. The van der Waals surface area contributed by atoms with E-state index in [1.807, 2.05) is 37.3 Å². The molecule has 3 aromatic rings. The number of hydrogen-bond acceptors (Lipinski definition) is 4. The first-order chi connectivity index (χ1) is 11.6. The number of nitrogens with zero attached hydrogens (tertiary/aromatic N) is 2. The third kappa shape index (κ3) is 3.72. The Bertz CT molecular complexity index is 873. The summed E-state index contributed by atoms with van der Waals surface area (Å²) in [7, 11) is 0. The van der Waals surface area contributed by atoms with E-state index in [2.05, 4.69) is 15.5 Å². The van der Waals surface area contributed by atoms with Gasteiger partial charge in [-0.15, -0.1) is 11.3 Å². The van der Waals surface area contributed by atoms with E-state index in [0.717, 1.165) is 15.4 Å². The van der Waals surface area contributed by atoms with Crippen LogP contribution in [-0.4, -0.2) is 17.1 Å². The fraction of sp³-hybridized carbons (Fsp3) is 0.0556. The highest BCUT2D eigenvalue weighted by atomic mass is 32.1. The van der Waals surface area contributed by atoms with Gasteiger partial charge in [0.25, 0.3) is 5.91 Å². The summed E-state index contributed by atoms with van der Waals surface area (Å²) in [5, 5.41) is 4.68. The highest BCUT2D eigenvalue weighted by molar-refractivity contribution is 7.15. The van der Waals surface area contributed by atoms with Crippen molar-refractivity contribution >= 4 is 23.5 Å². The number of aromatic nitrogens is 1. The summed E-state index contributed by atoms with van der Waals surface area (Å²) >= 11 is 1.46. The first-order valence-electron chi connectivity index (χ1n) is 7.25. The van der Waals surface area contributed by atoms with E-state index >= 15 is 0 Å². The van der Waals surface area contributed by atoms with Crippen molar-refractivity contribution in [2.75, 3.05) is 0 Å². The second-order valence-electron chi connectivity index (χ2n) is 5.04. The third-order valence-electron chi connectivity index (χ3n) is 3.28. The number of nitrogens with one attached hydrogen (secondary N) is 1. The Morgan fingerprint density at radius 1 is 1.17 bits per heavy atom. The highest BCUT2D eigenvalue weighted by Crippen LogP contribution is 2.27. The molecule has 0 bridgehead atoms. The molecular formula is C18H14FN3OS. The van der Waals surface area contributed by atoms with Crippen molar-refractivity contribution in [3.63, 3.8) is 0 Å². The Morgan fingerprint density at radius 3 is 2.58 bits per heavy atom. The van der Waals surface area contributed by atoms with Crippen molar-refractivity contribution in [1.82, 2.24) is 10.4 Å². The number of carbonyl (C=O) groups excluding carboxylic acids is 1. The molecule has 0 aliphatic carbocycles. The minimum absolute atomic E-state index is 0.317. The molecule has 0 atom stereocenters. The minimum Gasteiger partial charge on any atom is -0.266 e. The Hall–Kier alpha value is -2.86. The van der Waals surface area contributed by atoms with Crippen LogP contribution < -0.4 is 5.43 Å². The van der Waals surface area contributed by atoms with Gasteiger partial charge in [0.2, 0.25) is 0 Å². The van der Waals surface area contributed by atoms with Crippen LogP contribution in [0.2, 0.25) is 0 Å². The van der Waals surface area contributed by atoms with E-state index < -0.39 is 0 Å². The van der Waals surface area contributed by atoms with Crippen LogP contribution in [0.3, 0.4) is 0 Å². The summed E-state index contributed by atoms with van der Waals surface area (Å²) in [5.41, 5.74) is 4.47. The normalized spacial score (nSPS) is 10.9. The number of hydrogen-bond donors (Lipinski definition) is 1. The summed E-state index contributed by atoms with van der Waals surface area (Å²) in [5.74, 6) is -0.688. The van der Waals surface area contributed by atoms with Gasteiger partial charge in [0.15, 0.2) is 0 Å². The third-order valence-corrected chi connectivity index (χ3v) is 4.30. The lowest BCUT2D eigenvalue weighted by atomic mass is 10.2. The SMILES string of the molecule is Cc1sc(-c2ccccc2)nc1C(=O)N/N=C\c1ccc(F)cc1. The molecule has 1 amide bonds. The maximum Gasteiger partial charge on any atom is 0.291 e. The van der Waals surface area contributed by atoms with Crippen LogP contribution in [-0.2, 0) is 0 Å². The number of carbonyl (C=O) groups is 1. The van der Waals surface area contributed by atoms with Gasteiger partial charge in [-0.25, -0.2) is 14.8 Å². The average molecular weight is 339 g/mol.